The van der Waals surface area contributed by atoms with Gasteiger partial charge in [-0.25, -0.2) is 0 Å². The van der Waals surface area contributed by atoms with Crippen LogP contribution in [0.1, 0.15) is 11.1 Å². The van der Waals surface area contributed by atoms with Crippen molar-refractivity contribution in [3.05, 3.63) is 71.8 Å². The molecule has 0 amide bonds. The summed E-state index contributed by atoms with van der Waals surface area (Å²) in [5.74, 6) is 0. The number of halogens is 2. The van der Waals surface area contributed by atoms with E-state index < -0.39 is 0 Å². The number of rotatable bonds is 6. The highest BCUT2D eigenvalue weighted by molar-refractivity contribution is 8.02. The first kappa shape index (κ1) is 14.8. The third-order valence-electron chi connectivity index (χ3n) is 2.77. The van der Waals surface area contributed by atoms with Crippen LogP contribution in [0, 0.1) is 0 Å². The minimum absolute atomic E-state index is 0.00797. The van der Waals surface area contributed by atoms with Crippen LogP contribution in [-0.2, 0) is 12.8 Å². The Morgan fingerprint density at radius 2 is 1.05 bits per heavy atom. The topological polar surface area (TPSA) is 0 Å². The zero-order valence-corrected chi connectivity index (χ0v) is 12.8. The quantitative estimate of drug-likeness (QED) is 0.649. The van der Waals surface area contributed by atoms with Gasteiger partial charge in [0.2, 0.25) is 0 Å². The van der Waals surface area contributed by atoms with E-state index in [1.54, 1.807) is 11.8 Å². The van der Waals surface area contributed by atoms with Crippen molar-refractivity contribution in [1.29, 1.82) is 0 Å². The van der Waals surface area contributed by atoms with Gasteiger partial charge in [0.25, 0.3) is 0 Å². The van der Waals surface area contributed by atoms with Crippen molar-refractivity contribution in [1.82, 2.24) is 0 Å². The molecule has 2 aromatic carbocycles. The average molecular weight is 311 g/mol. The van der Waals surface area contributed by atoms with Crippen molar-refractivity contribution in [2.45, 2.75) is 22.3 Å². The second-order valence-corrected chi connectivity index (χ2v) is 7.32. The van der Waals surface area contributed by atoms with Crippen LogP contribution in [0.3, 0.4) is 0 Å². The van der Waals surface area contributed by atoms with Gasteiger partial charge in [0.1, 0.15) is 0 Å². The minimum Gasteiger partial charge on any atom is -0.122 e. The molecule has 2 aromatic rings. The van der Waals surface area contributed by atoms with Gasteiger partial charge in [0, 0.05) is 0 Å². The molecule has 0 saturated heterocycles. The molecular formula is C16H16Cl2S. The Morgan fingerprint density at radius 3 is 1.42 bits per heavy atom. The SMILES string of the molecule is ClC(Cc1ccccc1)SC(Cl)Cc1ccccc1. The molecule has 0 spiro atoms. The minimum atomic E-state index is 0.00797. The van der Waals surface area contributed by atoms with E-state index in [1.807, 2.05) is 36.4 Å². The molecule has 0 aromatic heterocycles. The monoisotopic (exact) mass is 310 g/mol. The maximum atomic E-state index is 6.35. The Hall–Kier alpha value is -0.630. The molecule has 19 heavy (non-hydrogen) atoms. The summed E-state index contributed by atoms with van der Waals surface area (Å²) in [6.07, 6.45) is 1.68. The Bertz CT molecular complexity index is 427. The van der Waals surface area contributed by atoms with Crippen LogP contribution in [0.5, 0.6) is 0 Å². The summed E-state index contributed by atoms with van der Waals surface area (Å²) < 4.78 is 0.0159. The normalized spacial score (nSPS) is 14.0. The van der Waals surface area contributed by atoms with Gasteiger partial charge in [-0.2, -0.15) is 0 Å². The van der Waals surface area contributed by atoms with Crippen molar-refractivity contribution >= 4 is 35.0 Å². The van der Waals surface area contributed by atoms with Crippen molar-refractivity contribution in [2.24, 2.45) is 0 Å². The summed E-state index contributed by atoms with van der Waals surface area (Å²) in [6, 6.07) is 20.5. The maximum Gasteiger partial charge on any atom is 0.0843 e. The van der Waals surface area contributed by atoms with Gasteiger partial charge in [0.15, 0.2) is 0 Å². The van der Waals surface area contributed by atoms with Crippen molar-refractivity contribution in [3.8, 4) is 0 Å². The molecular weight excluding hydrogens is 295 g/mol. The Kier molecular flexibility index (Phi) is 6.09. The smallest absolute Gasteiger partial charge is 0.0843 e. The third-order valence-corrected chi connectivity index (χ3v) is 4.62. The molecule has 0 bridgehead atoms. The summed E-state index contributed by atoms with van der Waals surface area (Å²) in [5, 5.41) is 0. The van der Waals surface area contributed by atoms with Crippen LogP contribution >= 0.6 is 35.0 Å². The van der Waals surface area contributed by atoms with Crippen LogP contribution in [-0.4, -0.2) is 9.42 Å². The molecule has 0 aliphatic carbocycles. The molecule has 0 N–H and O–H groups in total. The van der Waals surface area contributed by atoms with E-state index in [4.69, 9.17) is 23.2 Å². The van der Waals surface area contributed by atoms with Gasteiger partial charge < -0.3 is 0 Å². The fourth-order valence-corrected chi connectivity index (χ4v) is 4.01. The molecule has 0 heterocycles. The second-order valence-electron chi connectivity index (χ2n) is 4.34. The predicted molar refractivity (Wildman–Crippen MR) is 87.2 cm³/mol. The van der Waals surface area contributed by atoms with Gasteiger partial charge >= 0.3 is 0 Å². The first-order valence-corrected chi connectivity index (χ1v) is 8.07. The van der Waals surface area contributed by atoms with E-state index in [0.717, 1.165) is 12.8 Å². The Morgan fingerprint density at radius 1 is 0.684 bits per heavy atom. The number of benzene rings is 2. The lowest BCUT2D eigenvalue weighted by Gasteiger charge is -2.14. The van der Waals surface area contributed by atoms with Crippen LogP contribution in [0.25, 0.3) is 0 Å². The van der Waals surface area contributed by atoms with Crippen molar-refractivity contribution in [2.75, 3.05) is 0 Å². The summed E-state index contributed by atoms with van der Waals surface area (Å²) in [5.41, 5.74) is 2.50. The van der Waals surface area contributed by atoms with Crippen LogP contribution in [0.4, 0.5) is 0 Å². The first-order chi connectivity index (χ1) is 9.24. The molecule has 0 saturated carbocycles. The molecule has 3 heteroatoms. The number of hydrogen-bond acceptors (Lipinski definition) is 1. The lowest BCUT2D eigenvalue weighted by molar-refractivity contribution is 1.06. The molecule has 2 unspecified atom stereocenters. The molecule has 0 aliphatic heterocycles. The lowest BCUT2D eigenvalue weighted by atomic mass is 10.2. The molecule has 2 atom stereocenters. The van der Waals surface area contributed by atoms with Gasteiger partial charge in [0.05, 0.1) is 9.42 Å². The Labute approximate surface area is 129 Å². The van der Waals surface area contributed by atoms with E-state index >= 15 is 0 Å². The van der Waals surface area contributed by atoms with Gasteiger partial charge in [-0.3, -0.25) is 0 Å². The molecule has 0 aliphatic rings. The number of hydrogen-bond donors (Lipinski definition) is 0. The largest absolute Gasteiger partial charge is 0.122 e. The van der Waals surface area contributed by atoms with Crippen LogP contribution in [0.2, 0.25) is 0 Å². The molecule has 0 nitrogen and oxygen atoms in total. The molecule has 2 rings (SSSR count). The second kappa shape index (κ2) is 7.84. The van der Waals surface area contributed by atoms with Gasteiger partial charge in [-0.15, -0.1) is 35.0 Å². The molecule has 100 valence electrons. The van der Waals surface area contributed by atoms with E-state index in [0.29, 0.717) is 0 Å². The van der Waals surface area contributed by atoms with Crippen molar-refractivity contribution in [3.63, 3.8) is 0 Å². The number of alkyl halides is 2. The van der Waals surface area contributed by atoms with E-state index in [-0.39, 0.29) is 9.42 Å². The first-order valence-electron chi connectivity index (χ1n) is 6.25. The van der Waals surface area contributed by atoms with Gasteiger partial charge in [-0.1, -0.05) is 60.7 Å². The third kappa shape index (κ3) is 5.48. The van der Waals surface area contributed by atoms with E-state index in [2.05, 4.69) is 24.3 Å². The van der Waals surface area contributed by atoms with Crippen LogP contribution in [0.15, 0.2) is 60.7 Å². The predicted octanol–water partition coefficient (Wildman–Crippen LogP) is 5.33. The average Bonchev–Trinajstić information content (AvgIpc) is 2.40. The maximum absolute atomic E-state index is 6.35. The lowest BCUT2D eigenvalue weighted by Crippen LogP contribution is -2.06. The van der Waals surface area contributed by atoms with E-state index in [9.17, 15) is 0 Å². The zero-order chi connectivity index (χ0) is 13.5. The fraction of sp³-hybridized carbons (Fsp3) is 0.250. The highest BCUT2D eigenvalue weighted by Gasteiger charge is 2.13. The summed E-state index contributed by atoms with van der Waals surface area (Å²) in [4.78, 5) is 0. The van der Waals surface area contributed by atoms with Gasteiger partial charge in [-0.05, 0) is 24.0 Å². The molecule has 0 fully saturated rings. The standard InChI is InChI=1S/C16H16Cl2S/c17-15(11-13-7-3-1-4-8-13)19-16(18)12-14-9-5-2-6-10-14/h1-10,15-16H,11-12H2. The number of thioether (sulfide) groups is 1. The van der Waals surface area contributed by atoms with Crippen LogP contribution < -0.4 is 0 Å². The zero-order valence-electron chi connectivity index (χ0n) is 10.5. The molecule has 0 radical (unpaired) electrons. The fourth-order valence-electron chi connectivity index (χ4n) is 1.86. The summed E-state index contributed by atoms with van der Waals surface area (Å²) in [6.45, 7) is 0. The highest BCUT2D eigenvalue weighted by atomic mass is 35.5. The van der Waals surface area contributed by atoms with E-state index in [1.165, 1.54) is 11.1 Å². The summed E-state index contributed by atoms with van der Waals surface area (Å²) in [7, 11) is 0. The Balaban J connectivity index is 1.80. The van der Waals surface area contributed by atoms with Crippen molar-refractivity contribution < 1.29 is 0 Å². The summed E-state index contributed by atoms with van der Waals surface area (Å²) >= 11 is 14.3. The highest BCUT2D eigenvalue weighted by Crippen LogP contribution is 2.29.